The van der Waals surface area contributed by atoms with Gasteiger partial charge in [-0.25, -0.2) is 4.79 Å². The van der Waals surface area contributed by atoms with Gasteiger partial charge < -0.3 is 10.4 Å². The van der Waals surface area contributed by atoms with Crippen molar-refractivity contribution in [3.05, 3.63) is 63.0 Å². The van der Waals surface area contributed by atoms with Gasteiger partial charge in [0.05, 0.1) is 5.69 Å². The first-order valence-electron chi connectivity index (χ1n) is 5.57. The van der Waals surface area contributed by atoms with Crippen molar-refractivity contribution in [2.45, 2.75) is 6.04 Å². The quantitative estimate of drug-likeness (QED) is 0.818. The average molecular weight is 385 g/mol. The number of carboxylic acid groups (broad SMARTS) is 1. The Labute approximate surface area is 127 Å². The molecule has 2 aromatic rings. The number of aliphatic carboxylic acids is 1. The van der Waals surface area contributed by atoms with E-state index in [1.165, 1.54) is 0 Å². The van der Waals surface area contributed by atoms with E-state index >= 15 is 0 Å². The van der Waals surface area contributed by atoms with E-state index in [1.54, 1.807) is 12.1 Å². The minimum atomic E-state index is -0.918. The first-order chi connectivity index (χ1) is 9.08. The molecule has 2 N–H and O–H groups in total. The van der Waals surface area contributed by atoms with Crippen molar-refractivity contribution in [1.82, 2.24) is 0 Å². The molecule has 1 unspecified atom stereocenters. The van der Waals surface area contributed by atoms with Crippen molar-refractivity contribution in [1.29, 1.82) is 0 Å². The zero-order chi connectivity index (χ0) is 13.8. The molecule has 0 aliphatic rings. The van der Waals surface area contributed by atoms with Gasteiger partial charge in [0, 0.05) is 8.95 Å². The number of anilines is 1. The molecular formula is C14H11Br2NO2. The van der Waals surface area contributed by atoms with Gasteiger partial charge in [-0.15, -0.1) is 0 Å². The van der Waals surface area contributed by atoms with Crippen LogP contribution < -0.4 is 5.32 Å². The Morgan fingerprint density at radius 1 is 1.11 bits per heavy atom. The minimum absolute atomic E-state index is 0.710. The molecule has 0 amide bonds. The summed E-state index contributed by atoms with van der Waals surface area (Å²) in [4.78, 5) is 11.4. The van der Waals surface area contributed by atoms with Gasteiger partial charge in [-0.3, -0.25) is 0 Å². The molecule has 0 saturated carbocycles. The molecule has 0 aliphatic heterocycles. The summed E-state index contributed by atoms with van der Waals surface area (Å²) in [6, 6.07) is 13.9. The third-order valence-corrected chi connectivity index (χ3v) is 3.79. The van der Waals surface area contributed by atoms with Crippen LogP contribution >= 0.6 is 31.9 Å². The molecule has 0 bridgehead atoms. The summed E-state index contributed by atoms with van der Waals surface area (Å²) in [5.41, 5.74) is 1.44. The summed E-state index contributed by atoms with van der Waals surface area (Å²) < 4.78 is 1.70. The molecule has 98 valence electrons. The fourth-order valence-electron chi connectivity index (χ4n) is 1.70. The van der Waals surface area contributed by atoms with Crippen molar-refractivity contribution in [2.75, 3.05) is 5.32 Å². The molecule has 0 radical (unpaired) electrons. The van der Waals surface area contributed by atoms with E-state index in [0.717, 1.165) is 14.6 Å². The Morgan fingerprint density at radius 2 is 1.79 bits per heavy atom. The lowest BCUT2D eigenvalue weighted by molar-refractivity contribution is -0.138. The van der Waals surface area contributed by atoms with Gasteiger partial charge in [0.15, 0.2) is 6.04 Å². The van der Waals surface area contributed by atoms with Crippen LogP contribution in [0.4, 0.5) is 5.69 Å². The highest BCUT2D eigenvalue weighted by Crippen LogP contribution is 2.29. The Hall–Kier alpha value is -1.33. The van der Waals surface area contributed by atoms with Gasteiger partial charge in [0.1, 0.15) is 0 Å². The van der Waals surface area contributed by atoms with Crippen molar-refractivity contribution in [3.63, 3.8) is 0 Å². The van der Waals surface area contributed by atoms with E-state index in [0.29, 0.717) is 5.56 Å². The first kappa shape index (κ1) is 14.1. The highest BCUT2D eigenvalue weighted by molar-refractivity contribution is 9.11. The number of hydrogen-bond donors (Lipinski definition) is 2. The van der Waals surface area contributed by atoms with Crippen LogP contribution in [0.15, 0.2) is 57.5 Å². The lowest BCUT2D eigenvalue weighted by Crippen LogP contribution is -2.20. The molecule has 0 saturated heterocycles. The number of benzene rings is 2. The van der Waals surface area contributed by atoms with Crippen molar-refractivity contribution >= 4 is 43.5 Å². The van der Waals surface area contributed by atoms with Crippen LogP contribution in [0.2, 0.25) is 0 Å². The fraction of sp³-hybridized carbons (Fsp3) is 0.0714. The largest absolute Gasteiger partial charge is 0.479 e. The molecule has 19 heavy (non-hydrogen) atoms. The summed E-state index contributed by atoms with van der Waals surface area (Å²) >= 11 is 6.78. The fourth-order valence-corrected chi connectivity index (χ4v) is 2.42. The zero-order valence-electron chi connectivity index (χ0n) is 9.81. The summed E-state index contributed by atoms with van der Waals surface area (Å²) in [7, 11) is 0. The third-order valence-electron chi connectivity index (χ3n) is 2.61. The second-order valence-electron chi connectivity index (χ2n) is 3.95. The lowest BCUT2D eigenvalue weighted by Gasteiger charge is -2.17. The average Bonchev–Trinajstić information content (AvgIpc) is 2.40. The summed E-state index contributed by atoms with van der Waals surface area (Å²) in [5.74, 6) is -0.918. The second kappa shape index (κ2) is 6.21. The van der Waals surface area contributed by atoms with Crippen LogP contribution in [0.5, 0.6) is 0 Å². The number of carbonyl (C=O) groups is 1. The molecule has 5 heteroatoms. The maximum atomic E-state index is 11.4. The SMILES string of the molecule is O=C(O)C(Nc1cc(Br)ccc1Br)c1ccccc1. The van der Waals surface area contributed by atoms with Crippen molar-refractivity contribution < 1.29 is 9.90 Å². The maximum Gasteiger partial charge on any atom is 0.330 e. The van der Waals surface area contributed by atoms with E-state index in [2.05, 4.69) is 37.2 Å². The van der Waals surface area contributed by atoms with Crippen LogP contribution in [0.25, 0.3) is 0 Å². The molecule has 2 rings (SSSR count). The molecule has 2 aromatic carbocycles. The monoisotopic (exact) mass is 383 g/mol. The topological polar surface area (TPSA) is 49.3 Å². The van der Waals surface area contributed by atoms with Gasteiger partial charge >= 0.3 is 5.97 Å². The molecule has 0 spiro atoms. The smallest absolute Gasteiger partial charge is 0.330 e. The third kappa shape index (κ3) is 3.58. The van der Waals surface area contributed by atoms with E-state index < -0.39 is 12.0 Å². The molecule has 0 aromatic heterocycles. The van der Waals surface area contributed by atoms with Crippen molar-refractivity contribution in [2.24, 2.45) is 0 Å². The predicted molar refractivity (Wildman–Crippen MR) is 82.3 cm³/mol. The van der Waals surface area contributed by atoms with Crippen molar-refractivity contribution in [3.8, 4) is 0 Å². The molecule has 0 heterocycles. The van der Waals surface area contributed by atoms with Crippen LogP contribution in [0.1, 0.15) is 11.6 Å². The van der Waals surface area contributed by atoms with Gasteiger partial charge in [-0.1, -0.05) is 46.3 Å². The Kier molecular flexibility index (Phi) is 4.61. The molecular weight excluding hydrogens is 374 g/mol. The van der Waals surface area contributed by atoms with Gasteiger partial charge in [0.2, 0.25) is 0 Å². The van der Waals surface area contributed by atoms with Crippen LogP contribution in [-0.2, 0) is 4.79 Å². The van der Waals surface area contributed by atoms with Gasteiger partial charge in [0.25, 0.3) is 0 Å². The Bertz CT molecular complexity index is 587. The molecule has 1 atom stereocenters. The van der Waals surface area contributed by atoms with E-state index in [1.807, 2.05) is 36.4 Å². The lowest BCUT2D eigenvalue weighted by atomic mass is 10.1. The standard InChI is InChI=1S/C14H11Br2NO2/c15-10-6-7-11(16)12(8-10)17-13(14(18)19)9-4-2-1-3-5-9/h1-8,13,17H,(H,18,19). The number of halogens is 2. The van der Waals surface area contributed by atoms with Crippen LogP contribution in [-0.4, -0.2) is 11.1 Å². The number of nitrogens with one attached hydrogen (secondary N) is 1. The highest BCUT2D eigenvalue weighted by Gasteiger charge is 2.20. The first-order valence-corrected chi connectivity index (χ1v) is 7.16. The maximum absolute atomic E-state index is 11.4. The van der Waals surface area contributed by atoms with Gasteiger partial charge in [-0.2, -0.15) is 0 Å². The normalized spacial score (nSPS) is 11.9. The van der Waals surface area contributed by atoms with Crippen LogP contribution in [0, 0.1) is 0 Å². The molecule has 0 fully saturated rings. The summed E-state index contributed by atoms with van der Waals surface area (Å²) in [5, 5.41) is 12.4. The Balaban J connectivity index is 2.32. The predicted octanol–water partition coefficient (Wildman–Crippen LogP) is 4.45. The molecule has 3 nitrogen and oxygen atoms in total. The second-order valence-corrected chi connectivity index (χ2v) is 5.72. The zero-order valence-corrected chi connectivity index (χ0v) is 13.0. The highest BCUT2D eigenvalue weighted by atomic mass is 79.9. The van der Waals surface area contributed by atoms with E-state index in [4.69, 9.17) is 0 Å². The summed E-state index contributed by atoms with van der Waals surface area (Å²) in [6.07, 6.45) is 0. The number of rotatable bonds is 4. The minimum Gasteiger partial charge on any atom is -0.479 e. The van der Waals surface area contributed by atoms with E-state index in [-0.39, 0.29) is 0 Å². The summed E-state index contributed by atoms with van der Waals surface area (Å²) in [6.45, 7) is 0. The molecule has 0 aliphatic carbocycles. The Morgan fingerprint density at radius 3 is 2.42 bits per heavy atom. The number of carboxylic acids is 1. The van der Waals surface area contributed by atoms with Gasteiger partial charge in [-0.05, 0) is 39.7 Å². The van der Waals surface area contributed by atoms with E-state index in [9.17, 15) is 9.90 Å². The number of hydrogen-bond acceptors (Lipinski definition) is 2. The van der Waals surface area contributed by atoms with Crippen LogP contribution in [0.3, 0.4) is 0 Å².